The molecule has 0 unspecified atom stereocenters. The highest BCUT2D eigenvalue weighted by atomic mass is 35.5. The lowest BCUT2D eigenvalue weighted by molar-refractivity contribution is -0.111. The van der Waals surface area contributed by atoms with Crippen molar-refractivity contribution in [2.24, 2.45) is 0 Å². The fourth-order valence-electron chi connectivity index (χ4n) is 3.21. The molecule has 0 aliphatic carbocycles. The first-order valence-corrected chi connectivity index (χ1v) is 11.4. The van der Waals surface area contributed by atoms with Crippen LogP contribution in [-0.4, -0.2) is 41.3 Å². The fraction of sp³-hybridized carbons (Fsp3) is 0.120. The summed E-state index contributed by atoms with van der Waals surface area (Å²) < 4.78 is 33.6. The molecule has 0 radical (unpaired) electrons. The van der Waals surface area contributed by atoms with Crippen molar-refractivity contribution in [3.63, 3.8) is 0 Å². The van der Waals surface area contributed by atoms with E-state index in [0.717, 1.165) is 12.3 Å². The van der Waals surface area contributed by atoms with E-state index in [1.165, 1.54) is 42.6 Å². The molecule has 0 bridgehead atoms. The zero-order chi connectivity index (χ0) is 26.4. The van der Waals surface area contributed by atoms with Gasteiger partial charge in [-0.25, -0.2) is 13.8 Å². The zero-order valence-electron chi connectivity index (χ0n) is 19.3. The Morgan fingerprint density at radius 2 is 1.95 bits per heavy atom. The van der Waals surface area contributed by atoms with Crippen LogP contribution >= 0.6 is 11.6 Å². The molecular formula is C25H22ClF2N7O2. The quantitative estimate of drug-likeness (QED) is 0.190. The summed E-state index contributed by atoms with van der Waals surface area (Å²) in [6.07, 6.45) is 5.24. The molecule has 0 spiro atoms. The van der Waals surface area contributed by atoms with E-state index in [2.05, 4.69) is 37.8 Å². The number of benzene rings is 2. The van der Waals surface area contributed by atoms with Crippen molar-refractivity contribution in [3.05, 3.63) is 83.8 Å². The van der Waals surface area contributed by atoms with Gasteiger partial charge in [-0.3, -0.25) is 4.79 Å². The lowest BCUT2D eigenvalue weighted by Crippen LogP contribution is -2.43. The maximum absolute atomic E-state index is 14.7. The Morgan fingerprint density at radius 3 is 2.62 bits per heavy atom. The molecule has 1 aliphatic heterocycles. The normalized spacial score (nSPS) is 13.3. The van der Waals surface area contributed by atoms with Gasteiger partial charge in [0.1, 0.15) is 17.5 Å². The number of nitrogens with zero attached hydrogens (tertiary/aromatic N) is 2. The minimum atomic E-state index is -0.611. The number of carbonyl (C=O) groups is 1. The maximum Gasteiger partial charge on any atom is 0.247 e. The van der Waals surface area contributed by atoms with E-state index in [1.807, 2.05) is 0 Å². The van der Waals surface area contributed by atoms with Crippen molar-refractivity contribution in [2.75, 3.05) is 29.2 Å². The number of nitrogens with one attached hydrogen (secondary N) is 5. The van der Waals surface area contributed by atoms with E-state index in [9.17, 15) is 13.6 Å². The summed E-state index contributed by atoms with van der Waals surface area (Å²) in [6, 6.07) is 8.21. The minimum Gasteiger partial charge on any atom is -0.382 e. The Hall–Kier alpha value is -4.35. The van der Waals surface area contributed by atoms with Crippen LogP contribution < -0.4 is 21.3 Å². The van der Waals surface area contributed by atoms with Crippen LogP contribution in [0.5, 0.6) is 0 Å². The van der Waals surface area contributed by atoms with Crippen LogP contribution in [0.15, 0.2) is 67.1 Å². The van der Waals surface area contributed by atoms with Crippen LogP contribution in [-0.2, 0) is 9.53 Å². The van der Waals surface area contributed by atoms with Gasteiger partial charge in [0.15, 0.2) is 0 Å². The predicted molar refractivity (Wildman–Crippen MR) is 139 cm³/mol. The van der Waals surface area contributed by atoms with Crippen LogP contribution in [0.3, 0.4) is 0 Å². The number of carbonyl (C=O) groups excluding carboxylic acids is 1. The van der Waals surface area contributed by atoms with Gasteiger partial charge in [-0.1, -0.05) is 24.2 Å². The van der Waals surface area contributed by atoms with Crippen LogP contribution in [0.1, 0.15) is 0 Å². The summed E-state index contributed by atoms with van der Waals surface area (Å²) in [5, 5.41) is 19.1. The largest absolute Gasteiger partial charge is 0.382 e. The van der Waals surface area contributed by atoms with E-state index in [-0.39, 0.29) is 28.5 Å². The zero-order valence-corrected chi connectivity index (χ0v) is 20.1. The number of hydrogen-bond donors (Lipinski definition) is 5. The average Bonchev–Trinajstić information content (AvgIpc) is 2.86. The number of halogens is 3. The van der Waals surface area contributed by atoms with Crippen LogP contribution in [0.4, 0.5) is 31.9 Å². The highest BCUT2D eigenvalue weighted by Crippen LogP contribution is 2.33. The van der Waals surface area contributed by atoms with Crippen molar-refractivity contribution in [2.45, 2.75) is 6.04 Å². The minimum absolute atomic E-state index is 0.00967. The van der Waals surface area contributed by atoms with Crippen molar-refractivity contribution in [1.29, 1.82) is 5.41 Å². The van der Waals surface area contributed by atoms with Gasteiger partial charge in [0.25, 0.3) is 0 Å². The van der Waals surface area contributed by atoms with Crippen LogP contribution in [0, 0.1) is 17.0 Å². The second kappa shape index (κ2) is 11.6. The first-order chi connectivity index (χ1) is 17.9. The van der Waals surface area contributed by atoms with Gasteiger partial charge in [0.05, 0.1) is 35.7 Å². The van der Waals surface area contributed by atoms with Gasteiger partial charge < -0.3 is 31.4 Å². The number of aromatic nitrogens is 2. The Labute approximate surface area is 216 Å². The lowest BCUT2D eigenvalue weighted by atomic mass is 10.1. The second-order valence-electron chi connectivity index (χ2n) is 7.87. The molecule has 0 saturated carbocycles. The molecule has 1 aromatic heterocycles. The third-order valence-corrected chi connectivity index (χ3v) is 5.51. The van der Waals surface area contributed by atoms with Gasteiger partial charge in [-0.15, -0.1) is 0 Å². The molecule has 4 rings (SSSR count). The average molecular weight is 526 g/mol. The third-order valence-electron chi connectivity index (χ3n) is 5.22. The molecule has 5 N–H and O–H groups in total. The molecule has 1 saturated heterocycles. The second-order valence-corrected chi connectivity index (χ2v) is 8.28. The van der Waals surface area contributed by atoms with E-state index in [0.29, 0.717) is 35.7 Å². The number of allylic oxidation sites excluding steroid dienone is 1. The van der Waals surface area contributed by atoms with Gasteiger partial charge >= 0.3 is 0 Å². The van der Waals surface area contributed by atoms with Gasteiger partial charge in [-0.05, 0) is 42.0 Å². The molecule has 1 aliphatic rings. The Bertz CT molecular complexity index is 1380. The maximum atomic E-state index is 14.7. The summed E-state index contributed by atoms with van der Waals surface area (Å²) in [4.78, 5) is 20.4. The smallest absolute Gasteiger partial charge is 0.247 e. The number of amides is 1. The number of hydrogen-bond acceptors (Lipinski definition) is 8. The molecule has 3 aromatic rings. The molecule has 9 nitrogen and oxygen atoms in total. The SMILES string of the molecule is C=CC(=O)Nc1ccc(F)c(Nc2nc(N/C(C=N)=C/NC3COC3)ncc2-c2ccc(F)c(Cl)c2)c1. The van der Waals surface area contributed by atoms with Crippen molar-refractivity contribution >= 4 is 46.9 Å². The van der Waals surface area contributed by atoms with E-state index in [1.54, 1.807) is 6.20 Å². The highest BCUT2D eigenvalue weighted by molar-refractivity contribution is 6.31. The number of ether oxygens (including phenoxy) is 1. The van der Waals surface area contributed by atoms with E-state index in [4.69, 9.17) is 21.7 Å². The monoisotopic (exact) mass is 525 g/mol. The first-order valence-electron chi connectivity index (χ1n) is 11.0. The van der Waals surface area contributed by atoms with E-state index < -0.39 is 17.5 Å². The highest BCUT2D eigenvalue weighted by Gasteiger charge is 2.17. The van der Waals surface area contributed by atoms with Gasteiger partial charge in [0, 0.05) is 29.9 Å². The van der Waals surface area contributed by atoms with Crippen LogP contribution in [0.25, 0.3) is 11.1 Å². The molecular weight excluding hydrogens is 504 g/mol. The molecule has 1 fully saturated rings. The Morgan fingerprint density at radius 1 is 1.16 bits per heavy atom. The topological polar surface area (TPSA) is 124 Å². The standard InChI is InChI=1S/C25H22ClF2N7O2/c1-2-23(36)32-15-4-6-21(28)22(8-15)34-24-18(14-3-5-20(27)19(26)7-14)11-31-25(35-24)33-16(9-29)10-30-17-12-37-13-17/h2-11,17,29-30H,1,12-13H2,(H,32,36)(H2,31,33,34,35)/b16-10+,29-9?. The van der Waals surface area contributed by atoms with Crippen molar-refractivity contribution in [1.82, 2.24) is 15.3 Å². The fourth-order valence-corrected chi connectivity index (χ4v) is 3.39. The molecule has 12 heteroatoms. The predicted octanol–water partition coefficient (Wildman–Crippen LogP) is 4.83. The molecule has 37 heavy (non-hydrogen) atoms. The van der Waals surface area contributed by atoms with E-state index >= 15 is 0 Å². The van der Waals surface area contributed by atoms with Gasteiger partial charge in [0.2, 0.25) is 11.9 Å². The summed E-state index contributed by atoms with van der Waals surface area (Å²) in [7, 11) is 0. The summed E-state index contributed by atoms with van der Waals surface area (Å²) >= 11 is 5.98. The molecule has 1 amide bonds. The number of anilines is 4. The van der Waals surface area contributed by atoms with Crippen molar-refractivity contribution in [3.8, 4) is 11.1 Å². The molecule has 2 heterocycles. The Kier molecular flexibility index (Phi) is 8.06. The molecule has 0 atom stereocenters. The summed E-state index contributed by atoms with van der Waals surface area (Å²) in [5.41, 5.74) is 1.59. The molecule has 190 valence electrons. The summed E-state index contributed by atoms with van der Waals surface area (Å²) in [6.45, 7) is 4.54. The van der Waals surface area contributed by atoms with Crippen LogP contribution in [0.2, 0.25) is 5.02 Å². The Balaban J connectivity index is 1.69. The number of rotatable bonds is 10. The molecule has 2 aromatic carbocycles. The first kappa shape index (κ1) is 25.7. The summed E-state index contributed by atoms with van der Waals surface area (Å²) in [5.74, 6) is -1.39. The lowest BCUT2D eigenvalue weighted by Gasteiger charge is -2.26. The van der Waals surface area contributed by atoms with Gasteiger partial charge in [-0.2, -0.15) is 4.98 Å². The third kappa shape index (κ3) is 6.46. The van der Waals surface area contributed by atoms with Crippen molar-refractivity contribution < 1.29 is 18.3 Å².